The lowest BCUT2D eigenvalue weighted by Crippen LogP contribution is -2.43. The maximum Gasteiger partial charge on any atom is 0.317 e. The summed E-state index contributed by atoms with van der Waals surface area (Å²) in [7, 11) is 1.77. The molecule has 1 aromatic carbocycles. The molecular weight excluding hydrogens is 300 g/mol. The van der Waals surface area contributed by atoms with E-state index in [-0.39, 0.29) is 17.5 Å². The molecule has 1 heterocycles. The van der Waals surface area contributed by atoms with Gasteiger partial charge in [0.1, 0.15) is 0 Å². The molecular formula is C19H26N4O. The normalized spacial score (nSPS) is 12.5. The van der Waals surface area contributed by atoms with E-state index in [1.54, 1.807) is 30.5 Å². The molecule has 0 bridgehead atoms. The Morgan fingerprint density at radius 1 is 1.25 bits per heavy atom. The van der Waals surface area contributed by atoms with Crippen molar-refractivity contribution in [1.29, 1.82) is 0 Å². The fourth-order valence-electron chi connectivity index (χ4n) is 2.63. The number of amides is 2. The molecule has 0 saturated heterocycles. The highest BCUT2D eigenvalue weighted by Gasteiger charge is 2.29. The van der Waals surface area contributed by atoms with Crippen LogP contribution in [-0.4, -0.2) is 27.9 Å². The van der Waals surface area contributed by atoms with Crippen LogP contribution in [0.2, 0.25) is 0 Å². The molecule has 0 aliphatic rings. The van der Waals surface area contributed by atoms with Gasteiger partial charge >= 0.3 is 6.03 Å². The number of hydrogen-bond donors (Lipinski definition) is 1. The van der Waals surface area contributed by atoms with Gasteiger partial charge in [0.15, 0.2) is 0 Å². The minimum atomic E-state index is -0.121. The van der Waals surface area contributed by atoms with Crippen LogP contribution in [0.1, 0.15) is 43.6 Å². The number of nitrogens with one attached hydrogen (secondary N) is 1. The fraction of sp³-hybridized carbons (Fsp3) is 0.421. The molecule has 2 aromatic rings. The van der Waals surface area contributed by atoms with E-state index >= 15 is 0 Å². The van der Waals surface area contributed by atoms with Crippen LogP contribution in [0.3, 0.4) is 0 Å². The predicted molar refractivity (Wildman–Crippen MR) is 95.4 cm³/mol. The van der Waals surface area contributed by atoms with Crippen molar-refractivity contribution in [1.82, 2.24) is 20.2 Å². The molecule has 128 valence electrons. The molecule has 5 heteroatoms. The van der Waals surface area contributed by atoms with Crippen molar-refractivity contribution >= 4 is 6.03 Å². The Hall–Kier alpha value is -2.43. The zero-order valence-electron chi connectivity index (χ0n) is 15.1. The quantitative estimate of drug-likeness (QED) is 0.931. The molecule has 0 radical (unpaired) electrons. The van der Waals surface area contributed by atoms with Crippen molar-refractivity contribution in [3.8, 4) is 0 Å². The first-order valence-electron chi connectivity index (χ1n) is 8.11. The number of aromatic nitrogens is 2. The Balaban J connectivity index is 2.15. The Morgan fingerprint density at radius 2 is 1.96 bits per heavy atom. The maximum absolute atomic E-state index is 12.7. The van der Waals surface area contributed by atoms with Crippen molar-refractivity contribution in [2.45, 2.75) is 40.3 Å². The second-order valence-corrected chi connectivity index (χ2v) is 7.16. The molecule has 2 amide bonds. The van der Waals surface area contributed by atoms with Gasteiger partial charge in [0.2, 0.25) is 0 Å². The van der Waals surface area contributed by atoms with Crippen LogP contribution in [0.25, 0.3) is 0 Å². The van der Waals surface area contributed by atoms with E-state index < -0.39 is 0 Å². The van der Waals surface area contributed by atoms with Gasteiger partial charge in [0, 0.05) is 19.4 Å². The zero-order chi connectivity index (χ0) is 17.7. The van der Waals surface area contributed by atoms with E-state index in [4.69, 9.17) is 0 Å². The van der Waals surface area contributed by atoms with Gasteiger partial charge in [-0.15, -0.1) is 0 Å². The van der Waals surface area contributed by atoms with Crippen molar-refractivity contribution < 1.29 is 4.79 Å². The topological polar surface area (TPSA) is 58.1 Å². The lowest BCUT2D eigenvalue weighted by molar-refractivity contribution is 0.186. The van der Waals surface area contributed by atoms with Crippen LogP contribution in [0, 0.1) is 12.3 Å². The number of carbonyl (C=O) groups is 1. The van der Waals surface area contributed by atoms with Crippen LogP contribution in [0.15, 0.2) is 42.9 Å². The number of nitrogens with zero attached hydrogens (tertiary/aromatic N) is 3. The summed E-state index contributed by atoms with van der Waals surface area (Å²) in [6, 6.07) is 7.98. The first-order valence-corrected chi connectivity index (χ1v) is 8.11. The van der Waals surface area contributed by atoms with Crippen LogP contribution in [0.4, 0.5) is 4.79 Å². The molecule has 5 nitrogen and oxygen atoms in total. The highest BCUT2D eigenvalue weighted by Crippen LogP contribution is 2.34. The van der Waals surface area contributed by atoms with Gasteiger partial charge in [-0.3, -0.25) is 9.97 Å². The SMILES string of the molecule is Cc1ccccc1C(NC(=O)N(C)Cc1cnccn1)C(C)(C)C. The number of benzene rings is 1. The van der Waals surface area contributed by atoms with Gasteiger partial charge in [-0.2, -0.15) is 0 Å². The molecule has 0 aliphatic carbocycles. The highest BCUT2D eigenvalue weighted by molar-refractivity contribution is 5.74. The molecule has 0 aliphatic heterocycles. The van der Waals surface area contributed by atoms with Crippen molar-refractivity contribution in [2.24, 2.45) is 5.41 Å². The van der Waals surface area contributed by atoms with Crippen molar-refractivity contribution in [2.75, 3.05) is 7.05 Å². The van der Waals surface area contributed by atoms with Gasteiger partial charge < -0.3 is 10.2 Å². The van der Waals surface area contributed by atoms with Crippen molar-refractivity contribution in [3.05, 3.63) is 59.7 Å². The molecule has 2 rings (SSSR count). The lowest BCUT2D eigenvalue weighted by Gasteiger charge is -2.34. The first-order chi connectivity index (χ1) is 11.3. The number of carbonyl (C=O) groups excluding carboxylic acids is 1. The first kappa shape index (κ1) is 17.9. The Labute approximate surface area is 144 Å². The summed E-state index contributed by atoms with van der Waals surface area (Å²) in [5, 5.41) is 3.17. The summed E-state index contributed by atoms with van der Waals surface area (Å²) in [5.41, 5.74) is 2.98. The summed E-state index contributed by atoms with van der Waals surface area (Å²) in [5.74, 6) is 0. The van der Waals surface area contributed by atoms with Gasteiger partial charge in [0.25, 0.3) is 0 Å². The zero-order valence-corrected chi connectivity index (χ0v) is 15.1. The third-order valence-corrected chi connectivity index (χ3v) is 4.00. The Morgan fingerprint density at radius 3 is 2.54 bits per heavy atom. The summed E-state index contributed by atoms with van der Waals surface area (Å²) in [6.07, 6.45) is 4.93. The third-order valence-electron chi connectivity index (χ3n) is 4.00. The minimum Gasteiger partial charge on any atom is -0.331 e. The van der Waals surface area contributed by atoms with E-state index in [2.05, 4.69) is 55.1 Å². The lowest BCUT2D eigenvalue weighted by atomic mass is 9.81. The van der Waals surface area contributed by atoms with E-state index in [9.17, 15) is 4.79 Å². The molecule has 0 saturated carbocycles. The highest BCUT2D eigenvalue weighted by atomic mass is 16.2. The number of urea groups is 1. The van der Waals surface area contributed by atoms with E-state index in [1.165, 1.54) is 5.56 Å². The van der Waals surface area contributed by atoms with Gasteiger partial charge in [-0.1, -0.05) is 45.0 Å². The van der Waals surface area contributed by atoms with Gasteiger partial charge in [-0.05, 0) is 23.5 Å². The second-order valence-electron chi connectivity index (χ2n) is 7.16. The number of rotatable bonds is 4. The Bertz CT molecular complexity index is 679. The summed E-state index contributed by atoms with van der Waals surface area (Å²) in [6.45, 7) is 8.89. The third kappa shape index (κ3) is 4.54. The molecule has 0 spiro atoms. The predicted octanol–water partition coefficient (Wildman–Crippen LogP) is 3.71. The number of aryl methyl sites for hydroxylation is 1. The molecule has 1 atom stereocenters. The largest absolute Gasteiger partial charge is 0.331 e. The van der Waals surface area contributed by atoms with Crippen LogP contribution < -0.4 is 5.32 Å². The number of hydrogen-bond acceptors (Lipinski definition) is 3. The maximum atomic E-state index is 12.7. The van der Waals surface area contributed by atoms with E-state index in [1.807, 2.05) is 12.1 Å². The van der Waals surface area contributed by atoms with Crippen LogP contribution in [-0.2, 0) is 6.54 Å². The fourth-order valence-corrected chi connectivity index (χ4v) is 2.63. The molecule has 0 fully saturated rings. The summed E-state index contributed by atoms with van der Waals surface area (Å²) in [4.78, 5) is 22.5. The van der Waals surface area contributed by atoms with Crippen molar-refractivity contribution in [3.63, 3.8) is 0 Å². The average molecular weight is 326 g/mol. The molecule has 1 unspecified atom stereocenters. The van der Waals surface area contributed by atoms with E-state index in [0.29, 0.717) is 6.54 Å². The molecule has 1 N–H and O–H groups in total. The van der Waals surface area contributed by atoms with Crippen LogP contribution >= 0.6 is 0 Å². The second kappa shape index (κ2) is 7.43. The van der Waals surface area contributed by atoms with Crippen LogP contribution in [0.5, 0.6) is 0 Å². The monoisotopic (exact) mass is 326 g/mol. The summed E-state index contributed by atoms with van der Waals surface area (Å²) >= 11 is 0. The standard InChI is InChI=1S/C19H26N4O/c1-14-8-6-7-9-16(14)17(19(2,3)4)22-18(24)23(5)13-15-12-20-10-11-21-15/h6-12,17H,13H2,1-5H3,(H,22,24). The van der Waals surface area contributed by atoms with Gasteiger partial charge in [-0.25, -0.2) is 4.79 Å². The minimum absolute atomic E-state index is 0.0736. The molecule has 24 heavy (non-hydrogen) atoms. The Kier molecular flexibility index (Phi) is 5.54. The summed E-state index contributed by atoms with van der Waals surface area (Å²) < 4.78 is 0. The van der Waals surface area contributed by atoms with Gasteiger partial charge in [0.05, 0.1) is 24.5 Å². The average Bonchev–Trinajstić information content (AvgIpc) is 2.53. The van der Waals surface area contributed by atoms with E-state index in [0.717, 1.165) is 11.3 Å². The molecule has 1 aromatic heterocycles. The smallest absolute Gasteiger partial charge is 0.317 e.